The van der Waals surface area contributed by atoms with Crippen LogP contribution in [-0.4, -0.2) is 172 Å². The van der Waals surface area contributed by atoms with Crippen LogP contribution in [0.25, 0.3) is 22.3 Å². The second-order valence-corrected chi connectivity index (χ2v) is 13.0. The van der Waals surface area contributed by atoms with E-state index in [1.54, 1.807) is 0 Å². The minimum absolute atomic E-state index is 0.0956. The summed E-state index contributed by atoms with van der Waals surface area (Å²) in [5.41, 5.74) is -1.57. The van der Waals surface area contributed by atoms with Crippen molar-refractivity contribution in [3.05, 3.63) is 40.6 Å². The van der Waals surface area contributed by atoms with E-state index in [1.807, 2.05) is 0 Å². The second kappa shape index (κ2) is 15.7. The zero-order valence-corrected chi connectivity index (χ0v) is 28.0. The van der Waals surface area contributed by atoms with E-state index in [9.17, 15) is 71.2 Å². The third-order valence-electron chi connectivity index (χ3n) is 9.40. The molecule has 3 saturated heterocycles. The summed E-state index contributed by atoms with van der Waals surface area (Å²) in [4.78, 5) is 14.0. The summed E-state index contributed by atoms with van der Waals surface area (Å²) in [5, 5.41) is 133. The van der Waals surface area contributed by atoms with Gasteiger partial charge < -0.3 is 99.2 Å². The highest BCUT2D eigenvalue weighted by Crippen LogP contribution is 2.40. The van der Waals surface area contributed by atoms with Crippen molar-refractivity contribution in [2.45, 2.75) is 99.0 Å². The smallest absolute Gasteiger partial charge is 0.239 e. The van der Waals surface area contributed by atoms with Crippen molar-refractivity contribution in [1.82, 2.24) is 0 Å². The Kier molecular flexibility index (Phi) is 11.5. The van der Waals surface area contributed by atoms with Gasteiger partial charge in [0.25, 0.3) is 0 Å². The lowest BCUT2D eigenvalue weighted by Gasteiger charge is -2.45. The van der Waals surface area contributed by atoms with E-state index in [1.165, 1.54) is 13.0 Å². The SMILES string of the molecule is C[C@@H]1O[C@@H](Oc2c(-c3ccc(O)c(O)c3)oc3cc(O[C@@H]4O[C@H](CO)[C@H](O)[C@H](O)[C@@H]4O)cc(O)c3c2=O)[C@H](O)[C@H](O)[C@H]1O[C@@H]1O[C@H](CO)[C@@H](O)[C@H](O)[C@H]1O. The zero-order valence-electron chi connectivity index (χ0n) is 28.0. The molecule has 3 aliphatic rings. The molecule has 0 saturated carbocycles. The Morgan fingerprint density at radius 2 is 1.20 bits per heavy atom. The molecule has 15 atom stereocenters. The minimum atomic E-state index is -2.02. The summed E-state index contributed by atoms with van der Waals surface area (Å²) >= 11 is 0. The number of ether oxygens (including phenoxy) is 6. The van der Waals surface area contributed by atoms with Gasteiger partial charge in [0.05, 0.1) is 19.3 Å². The first-order chi connectivity index (χ1) is 25.6. The van der Waals surface area contributed by atoms with Crippen LogP contribution in [0.5, 0.6) is 28.7 Å². The lowest BCUT2D eigenvalue weighted by atomic mass is 9.97. The molecule has 0 spiro atoms. The van der Waals surface area contributed by atoms with E-state index in [4.69, 9.17) is 32.8 Å². The van der Waals surface area contributed by atoms with E-state index in [-0.39, 0.29) is 16.9 Å². The average Bonchev–Trinajstić information content (AvgIpc) is 3.14. The van der Waals surface area contributed by atoms with Crippen LogP contribution in [0, 0.1) is 0 Å². The van der Waals surface area contributed by atoms with Gasteiger partial charge in [-0.25, -0.2) is 0 Å². The van der Waals surface area contributed by atoms with Crippen LogP contribution in [-0.2, 0) is 18.9 Å². The van der Waals surface area contributed by atoms with Crippen LogP contribution in [0.3, 0.4) is 0 Å². The molecule has 21 nitrogen and oxygen atoms in total. The number of fused-ring (bicyclic) bond motifs is 1. The Balaban J connectivity index is 1.32. The first-order valence-corrected chi connectivity index (χ1v) is 16.5. The number of phenolic OH excluding ortho intramolecular Hbond substituents is 3. The van der Waals surface area contributed by atoms with Crippen molar-refractivity contribution in [3.63, 3.8) is 0 Å². The van der Waals surface area contributed by atoms with Crippen LogP contribution in [0.15, 0.2) is 39.5 Å². The van der Waals surface area contributed by atoms with Gasteiger partial charge in [-0.2, -0.15) is 0 Å². The van der Waals surface area contributed by atoms with Gasteiger partial charge in [0.2, 0.25) is 23.8 Å². The van der Waals surface area contributed by atoms with Crippen molar-refractivity contribution in [2.75, 3.05) is 13.2 Å². The molecule has 0 radical (unpaired) electrons. The number of hydrogen-bond donors (Lipinski definition) is 13. The number of aliphatic hydroxyl groups excluding tert-OH is 10. The molecule has 4 heterocycles. The average molecular weight is 773 g/mol. The molecule has 2 aromatic carbocycles. The summed E-state index contributed by atoms with van der Waals surface area (Å²) < 4.78 is 39.3. The third-order valence-corrected chi connectivity index (χ3v) is 9.40. The Labute approximate surface area is 303 Å². The molecule has 1 aromatic heterocycles. The zero-order chi connectivity index (χ0) is 39.3. The molecule has 3 fully saturated rings. The molecule has 0 amide bonds. The number of aliphatic hydroxyl groups is 10. The maximum absolute atomic E-state index is 14.0. The van der Waals surface area contributed by atoms with Gasteiger partial charge in [0.15, 0.2) is 23.5 Å². The largest absolute Gasteiger partial charge is 0.507 e. The van der Waals surface area contributed by atoms with E-state index in [2.05, 4.69) is 0 Å². The van der Waals surface area contributed by atoms with Gasteiger partial charge >= 0.3 is 0 Å². The number of rotatable bonds is 9. The molecule has 298 valence electrons. The van der Waals surface area contributed by atoms with Crippen molar-refractivity contribution < 1.29 is 99.2 Å². The van der Waals surface area contributed by atoms with Crippen LogP contribution in [0.4, 0.5) is 0 Å². The monoisotopic (exact) mass is 772 g/mol. The standard InChI is InChI=1S/C33H40O21/c1-9-28(53-33-26(46)23(43)20(40)17(8-35)52-33)24(44)27(47)31(48-9)54-30-21(41)18-14(38)5-11(49-32-25(45)22(42)19(39)16(7-34)51-32)6-15(18)50-29(30)10-2-3-12(36)13(37)4-10/h2-6,9,16-17,19-20,22-28,31-40,42-47H,7-8H2,1H3/t9-,16+,17+,19-,20+,22-,23-,24-,25-,26+,27+,28-,31-,32+,33-/m0/s1. The predicted octanol–water partition coefficient (Wildman–Crippen LogP) is -4.21. The minimum Gasteiger partial charge on any atom is -0.507 e. The van der Waals surface area contributed by atoms with E-state index in [0.717, 1.165) is 24.3 Å². The molecule has 6 rings (SSSR count). The first kappa shape index (κ1) is 39.8. The van der Waals surface area contributed by atoms with Gasteiger partial charge in [-0.1, -0.05) is 0 Å². The highest BCUT2D eigenvalue weighted by molar-refractivity contribution is 5.88. The highest BCUT2D eigenvalue weighted by Gasteiger charge is 2.51. The van der Waals surface area contributed by atoms with E-state index < -0.39 is 145 Å². The molecule has 13 N–H and O–H groups in total. The van der Waals surface area contributed by atoms with Gasteiger partial charge in [0.1, 0.15) is 89.6 Å². The third kappa shape index (κ3) is 7.27. The molecule has 0 unspecified atom stereocenters. The topological polar surface area (TPSA) is 349 Å². The molecular weight excluding hydrogens is 732 g/mol. The van der Waals surface area contributed by atoms with Gasteiger partial charge in [0, 0.05) is 17.7 Å². The van der Waals surface area contributed by atoms with Crippen LogP contribution >= 0.6 is 0 Å². The molecule has 21 heteroatoms. The Morgan fingerprint density at radius 1 is 0.630 bits per heavy atom. The summed E-state index contributed by atoms with van der Waals surface area (Å²) in [6.45, 7) is -0.166. The molecule has 54 heavy (non-hydrogen) atoms. The lowest BCUT2D eigenvalue weighted by Crippen LogP contribution is -2.64. The fraction of sp³-hybridized carbons (Fsp3) is 0.545. The molecule has 3 aromatic rings. The summed E-state index contributed by atoms with van der Waals surface area (Å²) in [7, 11) is 0. The summed E-state index contributed by atoms with van der Waals surface area (Å²) in [6, 6.07) is 5.23. The van der Waals surface area contributed by atoms with Gasteiger partial charge in [-0.05, 0) is 25.1 Å². The highest BCUT2D eigenvalue weighted by atomic mass is 16.7. The van der Waals surface area contributed by atoms with Crippen LogP contribution in [0.2, 0.25) is 0 Å². The number of phenols is 3. The fourth-order valence-electron chi connectivity index (χ4n) is 6.33. The van der Waals surface area contributed by atoms with Gasteiger partial charge in [-0.15, -0.1) is 0 Å². The Bertz CT molecular complexity index is 1850. The lowest BCUT2D eigenvalue weighted by molar-refractivity contribution is -0.348. The quantitative estimate of drug-likeness (QED) is 0.0917. The Hall–Kier alpha value is -3.91. The first-order valence-electron chi connectivity index (χ1n) is 16.5. The second-order valence-electron chi connectivity index (χ2n) is 13.0. The van der Waals surface area contributed by atoms with Crippen molar-refractivity contribution in [1.29, 1.82) is 0 Å². The maximum Gasteiger partial charge on any atom is 0.239 e. The molecule has 0 bridgehead atoms. The normalized spacial score (nSPS) is 37.3. The van der Waals surface area contributed by atoms with Gasteiger partial charge in [-0.3, -0.25) is 4.79 Å². The number of hydrogen-bond acceptors (Lipinski definition) is 21. The Morgan fingerprint density at radius 3 is 1.81 bits per heavy atom. The molecular formula is C33H40O21. The van der Waals surface area contributed by atoms with Crippen molar-refractivity contribution >= 4 is 11.0 Å². The summed E-state index contributed by atoms with van der Waals surface area (Å²) in [6.07, 6.45) is -25.2. The fourth-order valence-corrected chi connectivity index (χ4v) is 6.33. The van der Waals surface area contributed by atoms with Crippen LogP contribution in [0.1, 0.15) is 6.92 Å². The van der Waals surface area contributed by atoms with E-state index in [0.29, 0.717) is 0 Å². The van der Waals surface area contributed by atoms with Crippen molar-refractivity contribution in [2.24, 2.45) is 0 Å². The molecule has 0 aliphatic carbocycles. The summed E-state index contributed by atoms with van der Waals surface area (Å²) in [5.74, 6) is -3.49. The maximum atomic E-state index is 14.0. The van der Waals surface area contributed by atoms with E-state index >= 15 is 0 Å². The van der Waals surface area contributed by atoms with Crippen molar-refractivity contribution in [3.8, 4) is 40.1 Å². The number of benzene rings is 2. The predicted molar refractivity (Wildman–Crippen MR) is 173 cm³/mol. The number of aromatic hydroxyl groups is 3. The molecule has 3 aliphatic heterocycles. The van der Waals surface area contributed by atoms with Crippen LogP contribution < -0.4 is 14.9 Å².